The predicted octanol–water partition coefficient (Wildman–Crippen LogP) is 2.93. The number of rotatable bonds is 4. The van der Waals surface area contributed by atoms with Gasteiger partial charge >= 0.3 is 0 Å². The highest BCUT2D eigenvalue weighted by atomic mass is 15.2. The molecule has 5 rings (SSSR count). The molecular weight excluding hydrogens is 308 g/mol. The minimum atomic E-state index is 0.508. The molecule has 4 nitrogen and oxygen atoms in total. The van der Waals surface area contributed by atoms with Crippen molar-refractivity contribution in [3.05, 3.63) is 48.4 Å². The van der Waals surface area contributed by atoms with Gasteiger partial charge in [0, 0.05) is 30.8 Å². The summed E-state index contributed by atoms with van der Waals surface area (Å²) in [5.41, 5.74) is 2.84. The van der Waals surface area contributed by atoms with Crippen LogP contribution in [0.1, 0.15) is 31.0 Å². The minimum absolute atomic E-state index is 0.508. The Balaban J connectivity index is 1.24. The normalized spacial score (nSPS) is 29.5. The fourth-order valence-corrected chi connectivity index (χ4v) is 4.82. The Morgan fingerprint density at radius 2 is 1.96 bits per heavy atom. The second-order valence-electron chi connectivity index (χ2n) is 8.11. The molecule has 2 aromatic rings. The van der Waals surface area contributed by atoms with Crippen molar-refractivity contribution < 1.29 is 0 Å². The molecule has 2 saturated heterocycles. The highest BCUT2D eigenvalue weighted by Gasteiger charge is 2.57. The molecule has 2 atom stereocenters. The molecule has 2 unspecified atom stereocenters. The van der Waals surface area contributed by atoms with Crippen LogP contribution in [0.4, 0.5) is 0 Å². The van der Waals surface area contributed by atoms with Crippen LogP contribution in [0.15, 0.2) is 42.6 Å². The Bertz CT molecular complexity index is 739. The van der Waals surface area contributed by atoms with Crippen LogP contribution in [0.3, 0.4) is 0 Å². The Morgan fingerprint density at radius 3 is 2.68 bits per heavy atom. The van der Waals surface area contributed by atoms with Crippen molar-refractivity contribution in [3.8, 4) is 11.3 Å². The fraction of sp³-hybridized carbons (Fsp3) is 0.524. The van der Waals surface area contributed by atoms with Gasteiger partial charge in [-0.15, -0.1) is 0 Å². The second kappa shape index (κ2) is 6.19. The monoisotopic (exact) mass is 334 g/mol. The third kappa shape index (κ3) is 2.98. The van der Waals surface area contributed by atoms with Crippen LogP contribution in [-0.2, 0) is 0 Å². The van der Waals surface area contributed by atoms with Crippen molar-refractivity contribution in [2.24, 2.45) is 11.3 Å². The molecule has 3 heterocycles. The van der Waals surface area contributed by atoms with Gasteiger partial charge in [0.2, 0.25) is 0 Å². The standard InChI is InChI=1S/C21H26N4/c1-2-4-16(5-3-1)19-6-9-23-20(24-19)17-7-10-25(11-8-17)15-21-12-18(21)13-22-14-21/h1-6,9,17-18,22H,7-8,10-15H2. The molecule has 4 heteroatoms. The van der Waals surface area contributed by atoms with Gasteiger partial charge in [0.25, 0.3) is 0 Å². The lowest BCUT2D eigenvalue weighted by Gasteiger charge is -2.33. The van der Waals surface area contributed by atoms with E-state index in [2.05, 4.69) is 39.5 Å². The van der Waals surface area contributed by atoms with Gasteiger partial charge in [-0.05, 0) is 56.3 Å². The molecule has 1 aromatic heterocycles. The maximum Gasteiger partial charge on any atom is 0.132 e. The SMILES string of the molecule is c1ccc(-c2ccnc(C3CCN(CC45CNCC4C5)CC3)n2)cc1. The van der Waals surface area contributed by atoms with Gasteiger partial charge in [0.05, 0.1) is 5.69 Å². The molecule has 1 N–H and O–H groups in total. The van der Waals surface area contributed by atoms with Crippen LogP contribution in [0.25, 0.3) is 11.3 Å². The van der Waals surface area contributed by atoms with E-state index in [-0.39, 0.29) is 0 Å². The summed E-state index contributed by atoms with van der Waals surface area (Å²) in [5, 5.41) is 3.56. The number of hydrogen-bond acceptors (Lipinski definition) is 4. The number of hydrogen-bond donors (Lipinski definition) is 1. The van der Waals surface area contributed by atoms with E-state index in [0.29, 0.717) is 11.3 Å². The number of aromatic nitrogens is 2. The highest BCUT2D eigenvalue weighted by Crippen LogP contribution is 2.55. The molecule has 1 aliphatic carbocycles. The van der Waals surface area contributed by atoms with Crippen molar-refractivity contribution >= 4 is 0 Å². The van der Waals surface area contributed by atoms with Crippen molar-refractivity contribution in [2.45, 2.75) is 25.2 Å². The Labute approximate surface area is 149 Å². The van der Waals surface area contributed by atoms with E-state index < -0.39 is 0 Å². The van der Waals surface area contributed by atoms with E-state index in [1.807, 2.05) is 18.3 Å². The van der Waals surface area contributed by atoms with Crippen molar-refractivity contribution in [2.75, 3.05) is 32.7 Å². The molecule has 1 aromatic carbocycles. The third-order valence-corrected chi connectivity index (χ3v) is 6.46. The van der Waals surface area contributed by atoms with Crippen LogP contribution >= 0.6 is 0 Å². The summed E-state index contributed by atoms with van der Waals surface area (Å²) >= 11 is 0. The van der Waals surface area contributed by atoms with Crippen LogP contribution in [0, 0.1) is 11.3 Å². The quantitative estimate of drug-likeness (QED) is 0.933. The lowest BCUT2D eigenvalue weighted by atomic mass is 9.94. The summed E-state index contributed by atoms with van der Waals surface area (Å²) in [5.74, 6) is 2.50. The Hall–Kier alpha value is -1.78. The van der Waals surface area contributed by atoms with Gasteiger partial charge in [0.1, 0.15) is 5.82 Å². The molecule has 3 aliphatic rings. The van der Waals surface area contributed by atoms with Crippen LogP contribution in [0.2, 0.25) is 0 Å². The fourth-order valence-electron chi connectivity index (χ4n) is 4.82. The smallest absolute Gasteiger partial charge is 0.132 e. The van der Waals surface area contributed by atoms with E-state index in [1.54, 1.807) is 0 Å². The molecule has 0 amide bonds. The van der Waals surface area contributed by atoms with E-state index in [9.17, 15) is 0 Å². The Morgan fingerprint density at radius 1 is 1.12 bits per heavy atom. The summed E-state index contributed by atoms with van der Waals surface area (Å²) in [6.07, 6.45) is 5.75. The number of nitrogens with zero attached hydrogens (tertiary/aromatic N) is 3. The average molecular weight is 334 g/mol. The summed E-state index contributed by atoms with van der Waals surface area (Å²) in [4.78, 5) is 12.2. The number of piperidine rings is 2. The summed E-state index contributed by atoms with van der Waals surface area (Å²) in [7, 11) is 0. The van der Waals surface area contributed by atoms with E-state index in [4.69, 9.17) is 4.98 Å². The molecule has 0 radical (unpaired) electrons. The van der Waals surface area contributed by atoms with Crippen LogP contribution < -0.4 is 5.32 Å². The van der Waals surface area contributed by atoms with E-state index in [0.717, 1.165) is 17.4 Å². The van der Waals surface area contributed by atoms with Crippen LogP contribution in [0.5, 0.6) is 0 Å². The van der Waals surface area contributed by atoms with Crippen LogP contribution in [-0.4, -0.2) is 47.6 Å². The maximum atomic E-state index is 4.88. The molecular formula is C21H26N4. The first-order chi connectivity index (χ1) is 12.3. The van der Waals surface area contributed by atoms with Gasteiger partial charge in [-0.1, -0.05) is 30.3 Å². The van der Waals surface area contributed by atoms with Crippen molar-refractivity contribution in [1.82, 2.24) is 20.2 Å². The zero-order valence-corrected chi connectivity index (χ0v) is 14.7. The zero-order valence-electron chi connectivity index (χ0n) is 14.7. The molecule has 130 valence electrons. The average Bonchev–Trinajstić information content (AvgIpc) is 3.21. The molecule has 0 bridgehead atoms. The summed E-state index contributed by atoms with van der Waals surface area (Å²) < 4.78 is 0. The predicted molar refractivity (Wildman–Crippen MR) is 99.3 cm³/mol. The number of nitrogens with one attached hydrogen (secondary N) is 1. The summed E-state index contributed by atoms with van der Waals surface area (Å²) in [6.45, 7) is 6.16. The van der Waals surface area contributed by atoms with Gasteiger partial charge in [-0.2, -0.15) is 0 Å². The molecule has 0 spiro atoms. The minimum Gasteiger partial charge on any atom is -0.316 e. The largest absolute Gasteiger partial charge is 0.316 e. The van der Waals surface area contributed by atoms with Gasteiger partial charge in [-0.3, -0.25) is 0 Å². The molecule has 1 saturated carbocycles. The van der Waals surface area contributed by atoms with Gasteiger partial charge in [-0.25, -0.2) is 9.97 Å². The van der Waals surface area contributed by atoms with Crippen molar-refractivity contribution in [1.29, 1.82) is 0 Å². The Kier molecular flexibility index (Phi) is 3.83. The van der Waals surface area contributed by atoms with Gasteiger partial charge < -0.3 is 10.2 Å². The first-order valence-corrected chi connectivity index (χ1v) is 9.64. The highest BCUT2D eigenvalue weighted by molar-refractivity contribution is 5.58. The lowest BCUT2D eigenvalue weighted by molar-refractivity contribution is 0.173. The molecule has 2 aliphatic heterocycles. The van der Waals surface area contributed by atoms with Crippen molar-refractivity contribution in [3.63, 3.8) is 0 Å². The summed E-state index contributed by atoms with van der Waals surface area (Å²) in [6, 6.07) is 12.4. The maximum absolute atomic E-state index is 4.88. The van der Waals surface area contributed by atoms with Gasteiger partial charge in [0.15, 0.2) is 0 Å². The number of likely N-dealkylation sites (tertiary alicyclic amines) is 1. The zero-order chi connectivity index (χ0) is 16.7. The van der Waals surface area contributed by atoms with E-state index >= 15 is 0 Å². The third-order valence-electron chi connectivity index (χ3n) is 6.46. The number of benzene rings is 1. The topological polar surface area (TPSA) is 41.1 Å². The second-order valence-corrected chi connectivity index (χ2v) is 8.11. The van der Waals surface area contributed by atoms with E-state index in [1.165, 1.54) is 57.5 Å². The first-order valence-electron chi connectivity index (χ1n) is 9.64. The molecule has 25 heavy (non-hydrogen) atoms. The number of fused-ring (bicyclic) bond motifs is 1. The lowest BCUT2D eigenvalue weighted by Crippen LogP contribution is -2.39. The molecule has 3 fully saturated rings. The first kappa shape index (κ1) is 15.5.